The predicted molar refractivity (Wildman–Crippen MR) is 111 cm³/mol. The quantitative estimate of drug-likeness (QED) is 0.722. The van der Waals surface area contributed by atoms with Crippen LogP contribution in [0.15, 0.2) is 66.7 Å². The van der Waals surface area contributed by atoms with Gasteiger partial charge in [-0.3, -0.25) is 4.79 Å². The summed E-state index contributed by atoms with van der Waals surface area (Å²) in [4.78, 5) is 14.9. The second-order valence-electron chi connectivity index (χ2n) is 7.37. The van der Waals surface area contributed by atoms with E-state index in [4.69, 9.17) is 9.47 Å². The molecule has 0 saturated carbocycles. The number of hydrogen-bond acceptors (Lipinski definition) is 4. The van der Waals surface area contributed by atoms with Crippen molar-refractivity contribution >= 4 is 11.6 Å². The Morgan fingerprint density at radius 1 is 0.931 bits per heavy atom. The minimum Gasteiger partial charge on any atom is -0.454 e. The minimum absolute atomic E-state index is 0.0827. The lowest BCUT2D eigenvalue weighted by Crippen LogP contribution is -2.23. The molecular formula is C24H22N2O3. The molecule has 2 aliphatic heterocycles. The summed E-state index contributed by atoms with van der Waals surface area (Å²) in [7, 11) is 0. The Morgan fingerprint density at radius 3 is 2.62 bits per heavy atom. The molecule has 0 spiro atoms. The Kier molecular flexibility index (Phi) is 4.56. The highest BCUT2D eigenvalue weighted by atomic mass is 16.7. The van der Waals surface area contributed by atoms with Crippen LogP contribution < -0.4 is 19.7 Å². The topological polar surface area (TPSA) is 50.8 Å². The van der Waals surface area contributed by atoms with Crippen LogP contribution in [0.2, 0.25) is 0 Å². The Morgan fingerprint density at radius 2 is 1.72 bits per heavy atom. The molecule has 3 aromatic rings. The number of nitrogens with one attached hydrogen (secondary N) is 1. The summed E-state index contributed by atoms with van der Waals surface area (Å²) in [5, 5.41) is 2.97. The van der Waals surface area contributed by atoms with E-state index in [-0.39, 0.29) is 12.7 Å². The molecule has 0 radical (unpaired) electrons. The van der Waals surface area contributed by atoms with Crippen molar-refractivity contribution in [2.75, 3.05) is 18.2 Å². The van der Waals surface area contributed by atoms with Gasteiger partial charge in [0.15, 0.2) is 11.5 Å². The molecule has 3 aromatic carbocycles. The number of hydrogen-bond donors (Lipinski definition) is 1. The number of benzene rings is 3. The van der Waals surface area contributed by atoms with Crippen LogP contribution in [0.3, 0.4) is 0 Å². The molecule has 2 heterocycles. The van der Waals surface area contributed by atoms with E-state index in [0.29, 0.717) is 12.1 Å². The van der Waals surface area contributed by atoms with Gasteiger partial charge in [0, 0.05) is 30.9 Å². The van der Waals surface area contributed by atoms with Gasteiger partial charge in [-0.2, -0.15) is 0 Å². The Balaban J connectivity index is 1.19. The van der Waals surface area contributed by atoms with E-state index < -0.39 is 0 Å². The summed E-state index contributed by atoms with van der Waals surface area (Å²) in [6.45, 7) is 2.59. The molecule has 1 N–H and O–H groups in total. The molecule has 0 fully saturated rings. The fourth-order valence-electron chi connectivity index (χ4n) is 3.89. The first kappa shape index (κ1) is 17.6. The SMILES string of the molecule is O=C(NCc1ccc2c(c1)OCO2)c1ccc(CN2CCc3ccccc32)cc1. The summed E-state index contributed by atoms with van der Waals surface area (Å²) < 4.78 is 10.7. The first-order valence-electron chi connectivity index (χ1n) is 9.85. The lowest BCUT2D eigenvalue weighted by atomic mass is 10.1. The second kappa shape index (κ2) is 7.51. The average Bonchev–Trinajstić information content (AvgIpc) is 3.39. The van der Waals surface area contributed by atoms with Crippen LogP contribution in [0.25, 0.3) is 0 Å². The molecule has 0 atom stereocenters. The van der Waals surface area contributed by atoms with Crippen molar-refractivity contribution in [3.8, 4) is 11.5 Å². The van der Waals surface area contributed by atoms with E-state index in [1.165, 1.54) is 16.8 Å². The summed E-state index contributed by atoms with van der Waals surface area (Å²) >= 11 is 0. The standard InChI is InChI=1S/C24H22N2O3/c27-24(25-14-18-7-10-22-23(13-18)29-16-28-22)20-8-5-17(6-9-20)15-26-12-11-19-3-1-2-4-21(19)26/h1-10,13H,11-12,14-16H2,(H,25,27). The number of fused-ring (bicyclic) bond motifs is 2. The zero-order valence-corrected chi connectivity index (χ0v) is 16.1. The van der Waals surface area contributed by atoms with Gasteiger partial charge in [-0.1, -0.05) is 36.4 Å². The molecule has 29 heavy (non-hydrogen) atoms. The zero-order chi connectivity index (χ0) is 19.6. The van der Waals surface area contributed by atoms with Crippen molar-refractivity contribution in [3.05, 3.63) is 89.0 Å². The Labute approximate surface area is 169 Å². The Hall–Kier alpha value is -3.47. The molecule has 1 amide bonds. The van der Waals surface area contributed by atoms with Gasteiger partial charge in [0.05, 0.1) is 0 Å². The second-order valence-corrected chi connectivity index (χ2v) is 7.37. The number of carbonyl (C=O) groups excluding carboxylic acids is 1. The monoisotopic (exact) mass is 386 g/mol. The van der Waals surface area contributed by atoms with Gasteiger partial charge in [-0.15, -0.1) is 0 Å². The summed E-state index contributed by atoms with van der Waals surface area (Å²) in [6, 6.07) is 22.1. The minimum atomic E-state index is -0.0827. The summed E-state index contributed by atoms with van der Waals surface area (Å²) in [5.74, 6) is 1.39. The van der Waals surface area contributed by atoms with E-state index in [1.807, 2.05) is 42.5 Å². The van der Waals surface area contributed by atoms with Crippen molar-refractivity contribution < 1.29 is 14.3 Å². The smallest absolute Gasteiger partial charge is 0.251 e. The Bertz CT molecular complexity index is 1050. The van der Waals surface area contributed by atoms with E-state index in [1.54, 1.807) is 0 Å². The van der Waals surface area contributed by atoms with Gasteiger partial charge in [-0.05, 0) is 53.4 Å². The average molecular weight is 386 g/mol. The van der Waals surface area contributed by atoms with Crippen LogP contribution in [0.1, 0.15) is 27.0 Å². The number of anilines is 1. The van der Waals surface area contributed by atoms with Gasteiger partial charge < -0.3 is 19.7 Å². The predicted octanol–water partition coefficient (Wildman–Crippen LogP) is 3.91. The fraction of sp³-hybridized carbons (Fsp3) is 0.208. The van der Waals surface area contributed by atoms with Crippen LogP contribution in [0, 0.1) is 0 Å². The number of nitrogens with zero attached hydrogens (tertiary/aromatic N) is 1. The number of ether oxygens (including phenoxy) is 2. The first-order chi connectivity index (χ1) is 14.3. The maximum Gasteiger partial charge on any atom is 0.251 e. The van der Waals surface area contributed by atoms with E-state index in [9.17, 15) is 4.79 Å². The molecule has 5 rings (SSSR count). The largest absolute Gasteiger partial charge is 0.454 e. The van der Waals surface area contributed by atoms with Crippen LogP contribution in [-0.4, -0.2) is 19.2 Å². The summed E-state index contributed by atoms with van der Waals surface area (Å²) in [6.07, 6.45) is 1.09. The van der Waals surface area contributed by atoms with Crippen molar-refractivity contribution in [3.63, 3.8) is 0 Å². The highest BCUT2D eigenvalue weighted by molar-refractivity contribution is 5.94. The maximum atomic E-state index is 12.5. The first-order valence-corrected chi connectivity index (χ1v) is 9.85. The lowest BCUT2D eigenvalue weighted by Gasteiger charge is -2.19. The third-order valence-electron chi connectivity index (χ3n) is 5.46. The number of rotatable bonds is 5. The van der Waals surface area contributed by atoms with Crippen molar-refractivity contribution in [1.29, 1.82) is 0 Å². The number of amides is 1. The summed E-state index contributed by atoms with van der Waals surface area (Å²) in [5.41, 5.74) is 5.57. The van der Waals surface area contributed by atoms with Crippen molar-refractivity contribution in [2.24, 2.45) is 0 Å². The van der Waals surface area contributed by atoms with Gasteiger partial charge >= 0.3 is 0 Å². The number of carbonyl (C=O) groups is 1. The highest BCUT2D eigenvalue weighted by Gasteiger charge is 2.18. The molecule has 5 nitrogen and oxygen atoms in total. The molecule has 146 valence electrons. The molecule has 0 saturated heterocycles. The molecule has 0 aliphatic carbocycles. The van der Waals surface area contributed by atoms with E-state index in [2.05, 4.69) is 34.5 Å². The van der Waals surface area contributed by atoms with Crippen molar-refractivity contribution in [1.82, 2.24) is 5.32 Å². The fourth-order valence-corrected chi connectivity index (χ4v) is 3.89. The zero-order valence-electron chi connectivity index (χ0n) is 16.1. The maximum absolute atomic E-state index is 12.5. The molecule has 5 heteroatoms. The third kappa shape index (κ3) is 3.63. The van der Waals surface area contributed by atoms with Gasteiger partial charge in [0.1, 0.15) is 0 Å². The number of para-hydroxylation sites is 1. The van der Waals surface area contributed by atoms with Gasteiger partial charge in [0.25, 0.3) is 5.91 Å². The van der Waals surface area contributed by atoms with Crippen LogP contribution in [0.5, 0.6) is 11.5 Å². The van der Waals surface area contributed by atoms with Gasteiger partial charge in [0.2, 0.25) is 6.79 Å². The van der Waals surface area contributed by atoms with E-state index in [0.717, 1.165) is 36.6 Å². The highest BCUT2D eigenvalue weighted by Crippen LogP contribution is 2.32. The lowest BCUT2D eigenvalue weighted by molar-refractivity contribution is 0.0951. The molecule has 0 bridgehead atoms. The van der Waals surface area contributed by atoms with E-state index >= 15 is 0 Å². The molecule has 0 aromatic heterocycles. The molecular weight excluding hydrogens is 364 g/mol. The van der Waals surface area contributed by atoms with Crippen LogP contribution in [0.4, 0.5) is 5.69 Å². The third-order valence-corrected chi connectivity index (χ3v) is 5.46. The van der Waals surface area contributed by atoms with Crippen LogP contribution in [-0.2, 0) is 19.5 Å². The molecule has 2 aliphatic rings. The van der Waals surface area contributed by atoms with Crippen LogP contribution >= 0.6 is 0 Å². The molecule has 0 unspecified atom stereocenters. The van der Waals surface area contributed by atoms with Gasteiger partial charge in [-0.25, -0.2) is 0 Å². The normalized spacial score (nSPS) is 14.0. The van der Waals surface area contributed by atoms with Crippen molar-refractivity contribution in [2.45, 2.75) is 19.5 Å².